The molecule has 0 radical (unpaired) electrons. The number of hydrogen-bond acceptors (Lipinski definition) is 2. The average molecular weight is 176 g/mol. The van der Waals surface area contributed by atoms with Gasteiger partial charge in [0.1, 0.15) is 0 Å². The summed E-state index contributed by atoms with van der Waals surface area (Å²) in [6.45, 7) is 3.35. The van der Waals surface area contributed by atoms with Crippen LogP contribution in [-0.4, -0.2) is 12.6 Å². The van der Waals surface area contributed by atoms with Crippen LogP contribution in [0.1, 0.15) is 19.8 Å². The molecule has 1 N–H and O–H groups in total. The first-order chi connectivity index (χ1) is 6.36. The van der Waals surface area contributed by atoms with Gasteiger partial charge in [-0.15, -0.1) is 0 Å². The summed E-state index contributed by atoms with van der Waals surface area (Å²) in [5, 5.41) is 2.24. The first-order valence-corrected chi connectivity index (χ1v) is 4.95. The molecule has 13 heavy (non-hydrogen) atoms. The molecule has 1 aromatic rings. The molecule has 0 bridgehead atoms. The zero-order valence-corrected chi connectivity index (χ0v) is 8.03. The van der Waals surface area contributed by atoms with Crippen LogP contribution < -0.4 is 10.4 Å². The monoisotopic (exact) mass is 176 g/mol. The van der Waals surface area contributed by atoms with E-state index in [1.807, 2.05) is 0 Å². The summed E-state index contributed by atoms with van der Waals surface area (Å²) in [5.74, 6) is 0. The van der Waals surface area contributed by atoms with Gasteiger partial charge in [0.15, 0.2) is 0 Å². The quantitative estimate of drug-likeness (QED) is 0.705. The van der Waals surface area contributed by atoms with E-state index in [1.54, 1.807) is 0 Å². The van der Waals surface area contributed by atoms with Gasteiger partial charge in [-0.25, -0.2) is 5.43 Å². The Labute approximate surface area is 79.5 Å². The van der Waals surface area contributed by atoms with Crippen LogP contribution in [-0.2, 0) is 0 Å². The molecular formula is C11H16N2. The van der Waals surface area contributed by atoms with Gasteiger partial charge in [-0.3, -0.25) is 0 Å². The van der Waals surface area contributed by atoms with E-state index in [2.05, 4.69) is 47.7 Å². The highest BCUT2D eigenvalue weighted by molar-refractivity contribution is 5.44. The van der Waals surface area contributed by atoms with Crippen molar-refractivity contribution in [2.45, 2.75) is 25.8 Å². The van der Waals surface area contributed by atoms with E-state index in [0.717, 1.165) is 6.54 Å². The molecule has 0 saturated carbocycles. The maximum absolute atomic E-state index is 3.47. The van der Waals surface area contributed by atoms with Crippen molar-refractivity contribution in [2.75, 3.05) is 11.6 Å². The number of nitrogens with zero attached hydrogens (tertiary/aromatic N) is 1. The van der Waals surface area contributed by atoms with Crippen molar-refractivity contribution in [2.24, 2.45) is 0 Å². The first-order valence-electron chi connectivity index (χ1n) is 4.95. The predicted molar refractivity (Wildman–Crippen MR) is 55.6 cm³/mol. The molecule has 70 valence electrons. The Balaban J connectivity index is 2.08. The molecule has 1 saturated heterocycles. The van der Waals surface area contributed by atoms with Crippen molar-refractivity contribution in [3.8, 4) is 0 Å². The number of anilines is 1. The third-order valence-electron chi connectivity index (χ3n) is 2.46. The molecule has 2 heteroatoms. The Morgan fingerprint density at radius 3 is 2.77 bits per heavy atom. The molecule has 0 aromatic heterocycles. The van der Waals surface area contributed by atoms with Crippen molar-refractivity contribution < 1.29 is 0 Å². The summed E-state index contributed by atoms with van der Waals surface area (Å²) in [6.07, 6.45) is 2.56. The fourth-order valence-corrected chi connectivity index (χ4v) is 1.76. The number of nitrogens with one attached hydrogen (secondary N) is 1. The van der Waals surface area contributed by atoms with Gasteiger partial charge in [-0.1, -0.05) is 18.2 Å². The standard InChI is InChI=1S/C11H16N2/c1-10-6-5-9-13(12-10)11-7-3-2-4-8-11/h2-4,7-8,10,12H,5-6,9H2,1H3/t10-/m0/s1. The molecule has 1 heterocycles. The summed E-state index contributed by atoms with van der Waals surface area (Å²) >= 11 is 0. The van der Waals surface area contributed by atoms with E-state index >= 15 is 0 Å². The molecule has 2 nitrogen and oxygen atoms in total. The molecular weight excluding hydrogens is 160 g/mol. The van der Waals surface area contributed by atoms with Crippen molar-refractivity contribution in [3.63, 3.8) is 0 Å². The Kier molecular flexibility index (Phi) is 2.50. The molecule has 0 spiro atoms. The summed E-state index contributed by atoms with van der Waals surface area (Å²) < 4.78 is 0. The Morgan fingerprint density at radius 1 is 1.31 bits per heavy atom. The fourth-order valence-electron chi connectivity index (χ4n) is 1.76. The summed E-state index contributed by atoms with van der Waals surface area (Å²) in [4.78, 5) is 0. The maximum Gasteiger partial charge on any atom is 0.0519 e. The van der Waals surface area contributed by atoms with Gasteiger partial charge in [0.25, 0.3) is 0 Å². The van der Waals surface area contributed by atoms with Crippen LogP contribution in [0.4, 0.5) is 5.69 Å². The van der Waals surface area contributed by atoms with Gasteiger partial charge in [0, 0.05) is 12.6 Å². The second kappa shape index (κ2) is 3.79. The van der Waals surface area contributed by atoms with Crippen LogP contribution in [0.2, 0.25) is 0 Å². The first kappa shape index (κ1) is 8.57. The smallest absolute Gasteiger partial charge is 0.0519 e. The lowest BCUT2D eigenvalue weighted by molar-refractivity contribution is 0.418. The van der Waals surface area contributed by atoms with Gasteiger partial charge in [-0.05, 0) is 31.9 Å². The molecule has 1 atom stereocenters. The minimum atomic E-state index is 0.606. The minimum Gasteiger partial charge on any atom is -0.308 e. The average Bonchev–Trinajstić information content (AvgIpc) is 2.19. The van der Waals surface area contributed by atoms with E-state index in [1.165, 1.54) is 18.5 Å². The van der Waals surface area contributed by atoms with Crippen molar-refractivity contribution in [1.82, 2.24) is 5.43 Å². The molecule has 1 aliphatic rings. The van der Waals surface area contributed by atoms with Gasteiger partial charge in [-0.2, -0.15) is 0 Å². The second-order valence-electron chi connectivity index (χ2n) is 3.66. The third-order valence-corrected chi connectivity index (χ3v) is 2.46. The van der Waals surface area contributed by atoms with Gasteiger partial charge < -0.3 is 5.01 Å². The zero-order chi connectivity index (χ0) is 9.10. The molecule has 2 rings (SSSR count). The predicted octanol–water partition coefficient (Wildman–Crippen LogP) is 2.18. The molecule has 0 unspecified atom stereocenters. The highest BCUT2D eigenvalue weighted by Crippen LogP contribution is 2.16. The maximum atomic E-state index is 3.47. The molecule has 0 amide bonds. The lowest BCUT2D eigenvalue weighted by Crippen LogP contribution is -2.48. The van der Waals surface area contributed by atoms with Crippen LogP contribution in [0.15, 0.2) is 30.3 Å². The Bertz CT molecular complexity index is 258. The van der Waals surface area contributed by atoms with Crippen molar-refractivity contribution in [1.29, 1.82) is 0 Å². The number of rotatable bonds is 1. The van der Waals surface area contributed by atoms with Gasteiger partial charge >= 0.3 is 0 Å². The zero-order valence-electron chi connectivity index (χ0n) is 8.03. The van der Waals surface area contributed by atoms with Crippen LogP contribution in [0.25, 0.3) is 0 Å². The second-order valence-corrected chi connectivity index (χ2v) is 3.66. The van der Waals surface area contributed by atoms with Crippen LogP contribution in [0.5, 0.6) is 0 Å². The van der Waals surface area contributed by atoms with E-state index < -0.39 is 0 Å². The van der Waals surface area contributed by atoms with Gasteiger partial charge in [0.05, 0.1) is 5.69 Å². The Hall–Kier alpha value is -1.02. The van der Waals surface area contributed by atoms with Crippen LogP contribution in [0, 0.1) is 0 Å². The number of benzene rings is 1. The van der Waals surface area contributed by atoms with Gasteiger partial charge in [0.2, 0.25) is 0 Å². The van der Waals surface area contributed by atoms with Crippen LogP contribution >= 0.6 is 0 Å². The minimum absolute atomic E-state index is 0.606. The highest BCUT2D eigenvalue weighted by Gasteiger charge is 2.14. The fraction of sp³-hybridized carbons (Fsp3) is 0.455. The summed E-state index contributed by atoms with van der Waals surface area (Å²) in [5.41, 5.74) is 4.74. The van der Waals surface area contributed by atoms with E-state index in [9.17, 15) is 0 Å². The normalized spacial score (nSPS) is 23.2. The lowest BCUT2D eigenvalue weighted by Gasteiger charge is -2.33. The number of para-hydroxylation sites is 1. The van der Waals surface area contributed by atoms with E-state index in [-0.39, 0.29) is 0 Å². The van der Waals surface area contributed by atoms with Crippen LogP contribution in [0.3, 0.4) is 0 Å². The van der Waals surface area contributed by atoms with E-state index in [0.29, 0.717) is 6.04 Å². The highest BCUT2D eigenvalue weighted by atomic mass is 15.5. The number of hydrogen-bond donors (Lipinski definition) is 1. The Morgan fingerprint density at radius 2 is 2.08 bits per heavy atom. The molecule has 1 fully saturated rings. The SMILES string of the molecule is C[C@H]1CCCN(c2ccccc2)N1. The third kappa shape index (κ3) is 2.01. The van der Waals surface area contributed by atoms with E-state index in [4.69, 9.17) is 0 Å². The number of hydrazine groups is 1. The lowest BCUT2D eigenvalue weighted by atomic mass is 10.1. The topological polar surface area (TPSA) is 15.3 Å². The van der Waals surface area contributed by atoms with Crippen molar-refractivity contribution in [3.05, 3.63) is 30.3 Å². The van der Waals surface area contributed by atoms with Crippen molar-refractivity contribution >= 4 is 5.69 Å². The largest absolute Gasteiger partial charge is 0.308 e. The summed E-state index contributed by atoms with van der Waals surface area (Å²) in [6, 6.07) is 11.1. The molecule has 1 aliphatic heterocycles. The molecule has 0 aliphatic carbocycles. The summed E-state index contributed by atoms with van der Waals surface area (Å²) in [7, 11) is 0. The molecule has 1 aromatic carbocycles.